The number of hydrogen-bond donors (Lipinski definition) is 0. The molecule has 2 heterocycles. The number of ether oxygens (including phenoxy) is 3. The Balaban J connectivity index is 1.49. The molecule has 0 N–H and O–H groups in total. The molecule has 1 amide bonds. The highest BCUT2D eigenvalue weighted by molar-refractivity contribution is 6.34. The van der Waals surface area contributed by atoms with Gasteiger partial charge in [-0.3, -0.25) is 9.59 Å². The van der Waals surface area contributed by atoms with Gasteiger partial charge in [-0.05, 0) is 24.3 Å². The van der Waals surface area contributed by atoms with E-state index in [1.54, 1.807) is 35.2 Å². The number of nitrogens with zero attached hydrogens (tertiary/aromatic N) is 1. The van der Waals surface area contributed by atoms with Crippen LogP contribution >= 0.6 is 23.2 Å². The van der Waals surface area contributed by atoms with Crippen molar-refractivity contribution in [3.05, 3.63) is 46.4 Å². The lowest BCUT2D eigenvalue weighted by molar-refractivity contribution is -0.139. The maximum Gasteiger partial charge on any atom is 0.316 e. The van der Waals surface area contributed by atoms with Crippen molar-refractivity contribution in [3.63, 3.8) is 0 Å². The summed E-state index contributed by atoms with van der Waals surface area (Å²) in [4.78, 5) is 26.5. The van der Waals surface area contributed by atoms with E-state index in [1.165, 1.54) is 6.07 Å². The van der Waals surface area contributed by atoms with Crippen LogP contribution in [-0.2, 0) is 9.59 Å². The maximum absolute atomic E-state index is 12.5. The van der Waals surface area contributed by atoms with E-state index in [9.17, 15) is 9.59 Å². The highest BCUT2D eigenvalue weighted by Gasteiger charge is 2.37. The fourth-order valence-corrected chi connectivity index (χ4v) is 3.38. The Kier molecular flexibility index (Phi) is 4.85. The molecule has 6 nitrogen and oxygen atoms in total. The number of amides is 1. The van der Waals surface area contributed by atoms with Gasteiger partial charge in [0.15, 0.2) is 17.2 Å². The van der Waals surface area contributed by atoms with Gasteiger partial charge >= 0.3 is 5.97 Å². The second-order valence-corrected chi connectivity index (χ2v) is 7.07. The molecule has 8 heteroatoms. The predicted molar refractivity (Wildman–Crippen MR) is 100.0 cm³/mol. The van der Waals surface area contributed by atoms with E-state index in [2.05, 4.69) is 0 Å². The largest absolute Gasteiger partial charge is 0.486 e. The Morgan fingerprint density at radius 3 is 2.67 bits per heavy atom. The first-order valence-corrected chi connectivity index (χ1v) is 9.13. The van der Waals surface area contributed by atoms with Crippen LogP contribution in [0.2, 0.25) is 10.0 Å². The number of rotatable bonds is 3. The van der Waals surface area contributed by atoms with E-state index < -0.39 is 11.9 Å². The topological polar surface area (TPSA) is 65.1 Å². The van der Waals surface area contributed by atoms with E-state index in [4.69, 9.17) is 37.4 Å². The molecule has 1 saturated heterocycles. The van der Waals surface area contributed by atoms with Gasteiger partial charge < -0.3 is 19.1 Å². The van der Waals surface area contributed by atoms with Crippen LogP contribution < -0.4 is 19.1 Å². The van der Waals surface area contributed by atoms with Crippen LogP contribution in [0.25, 0.3) is 0 Å². The van der Waals surface area contributed by atoms with Crippen molar-refractivity contribution in [2.45, 2.75) is 6.42 Å². The second kappa shape index (κ2) is 7.29. The van der Waals surface area contributed by atoms with E-state index >= 15 is 0 Å². The highest BCUT2D eigenvalue weighted by atomic mass is 35.5. The van der Waals surface area contributed by atoms with Crippen molar-refractivity contribution in [1.82, 2.24) is 0 Å². The number of halogens is 2. The SMILES string of the molecule is O=C(Oc1cc(Cl)ccc1Cl)[C@@H]1CC(=O)N(c2ccc3c(c2)OCCO3)C1. The molecular formula is C19H15Cl2NO5. The normalized spacial score (nSPS) is 18.5. The fraction of sp³-hybridized carbons (Fsp3) is 0.263. The van der Waals surface area contributed by atoms with E-state index in [0.29, 0.717) is 35.4 Å². The number of fused-ring (bicyclic) bond motifs is 1. The van der Waals surface area contributed by atoms with Crippen LogP contribution in [0.15, 0.2) is 36.4 Å². The van der Waals surface area contributed by atoms with Crippen LogP contribution in [0.3, 0.4) is 0 Å². The van der Waals surface area contributed by atoms with Crippen molar-refractivity contribution >= 4 is 40.8 Å². The number of esters is 1. The van der Waals surface area contributed by atoms with Crippen molar-refractivity contribution in [2.75, 3.05) is 24.7 Å². The Bertz CT molecular complexity index is 917. The Hall–Kier alpha value is -2.44. The van der Waals surface area contributed by atoms with Crippen LogP contribution in [0, 0.1) is 5.92 Å². The molecule has 0 radical (unpaired) electrons. The first kappa shape index (κ1) is 17.9. The molecule has 2 aliphatic rings. The summed E-state index contributed by atoms with van der Waals surface area (Å²) in [7, 11) is 0. The molecule has 0 bridgehead atoms. The smallest absolute Gasteiger partial charge is 0.316 e. The summed E-state index contributed by atoms with van der Waals surface area (Å²) in [6, 6.07) is 9.89. The van der Waals surface area contributed by atoms with Gasteiger partial charge in [0.2, 0.25) is 5.91 Å². The summed E-state index contributed by atoms with van der Waals surface area (Å²) in [5.74, 6) is 0.130. The molecule has 0 spiro atoms. The molecule has 2 aromatic rings. The summed E-state index contributed by atoms with van der Waals surface area (Å²) >= 11 is 11.9. The molecule has 0 unspecified atom stereocenters. The molecule has 0 aliphatic carbocycles. The van der Waals surface area contributed by atoms with E-state index in [-0.39, 0.29) is 29.6 Å². The predicted octanol–water partition coefficient (Wildman–Crippen LogP) is 3.72. The molecule has 140 valence electrons. The summed E-state index contributed by atoms with van der Waals surface area (Å²) in [6.07, 6.45) is 0.0610. The standard InChI is InChI=1S/C19H15Cl2NO5/c20-12-1-3-14(21)16(8-12)27-19(24)11-7-18(23)22(10-11)13-2-4-15-17(9-13)26-6-5-25-15/h1-4,8-9,11H,5-7,10H2/t11-/m1/s1. The van der Waals surface area contributed by atoms with Gasteiger partial charge in [-0.25, -0.2) is 0 Å². The summed E-state index contributed by atoms with van der Waals surface area (Å²) < 4.78 is 16.4. The Morgan fingerprint density at radius 1 is 1.07 bits per heavy atom. The highest BCUT2D eigenvalue weighted by Crippen LogP contribution is 2.36. The zero-order chi connectivity index (χ0) is 19.0. The third kappa shape index (κ3) is 3.68. The van der Waals surface area contributed by atoms with Crippen LogP contribution in [-0.4, -0.2) is 31.6 Å². The molecule has 1 fully saturated rings. The lowest BCUT2D eigenvalue weighted by atomic mass is 10.1. The minimum absolute atomic E-state index is 0.0610. The number of hydrogen-bond acceptors (Lipinski definition) is 5. The Labute approximate surface area is 165 Å². The van der Waals surface area contributed by atoms with Crippen molar-refractivity contribution < 1.29 is 23.8 Å². The lowest BCUT2D eigenvalue weighted by Gasteiger charge is -2.22. The average molecular weight is 408 g/mol. The van der Waals surface area contributed by atoms with Gasteiger partial charge in [0.1, 0.15) is 13.2 Å². The van der Waals surface area contributed by atoms with Crippen LogP contribution in [0.5, 0.6) is 17.2 Å². The first-order valence-electron chi connectivity index (χ1n) is 8.38. The summed E-state index contributed by atoms with van der Waals surface area (Å²) in [6.45, 7) is 1.17. The number of benzene rings is 2. The number of carbonyl (C=O) groups is 2. The summed E-state index contributed by atoms with van der Waals surface area (Å²) in [5.41, 5.74) is 0.653. The number of carbonyl (C=O) groups excluding carboxylic acids is 2. The van der Waals surface area contributed by atoms with Gasteiger partial charge in [0, 0.05) is 35.8 Å². The molecule has 2 aliphatic heterocycles. The monoisotopic (exact) mass is 407 g/mol. The molecule has 27 heavy (non-hydrogen) atoms. The Morgan fingerprint density at radius 2 is 1.85 bits per heavy atom. The van der Waals surface area contributed by atoms with Crippen molar-refractivity contribution in [1.29, 1.82) is 0 Å². The summed E-state index contributed by atoms with van der Waals surface area (Å²) in [5, 5.41) is 0.684. The molecule has 2 aromatic carbocycles. The van der Waals surface area contributed by atoms with Crippen molar-refractivity contribution in [2.24, 2.45) is 5.92 Å². The average Bonchev–Trinajstić information content (AvgIpc) is 3.06. The van der Waals surface area contributed by atoms with Crippen LogP contribution in [0.1, 0.15) is 6.42 Å². The van der Waals surface area contributed by atoms with E-state index in [1.807, 2.05) is 0 Å². The minimum Gasteiger partial charge on any atom is -0.486 e. The van der Waals surface area contributed by atoms with Gasteiger partial charge in [-0.15, -0.1) is 0 Å². The zero-order valence-electron chi connectivity index (χ0n) is 14.1. The third-order valence-electron chi connectivity index (χ3n) is 4.40. The molecule has 4 rings (SSSR count). The first-order chi connectivity index (χ1) is 13.0. The number of anilines is 1. The molecular weight excluding hydrogens is 393 g/mol. The minimum atomic E-state index is -0.597. The fourth-order valence-electron chi connectivity index (χ4n) is 3.06. The van der Waals surface area contributed by atoms with E-state index in [0.717, 1.165) is 0 Å². The molecule has 0 saturated carbocycles. The van der Waals surface area contributed by atoms with Crippen molar-refractivity contribution in [3.8, 4) is 17.2 Å². The van der Waals surface area contributed by atoms with Gasteiger partial charge in [0.25, 0.3) is 0 Å². The quantitative estimate of drug-likeness (QED) is 0.572. The molecule has 0 aromatic heterocycles. The van der Waals surface area contributed by atoms with Crippen LogP contribution in [0.4, 0.5) is 5.69 Å². The van der Waals surface area contributed by atoms with Gasteiger partial charge in [0.05, 0.1) is 10.9 Å². The molecule has 1 atom stereocenters. The third-order valence-corrected chi connectivity index (χ3v) is 4.95. The zero-order valence-corrected chi connectivity index (χ0v) is 15.6. The maximum atomic E-state index is 12.5. The van der Waals surface area contributed by atoms with Gasteiger partial charge in [-0.2, -0.15) is 0 Å². The van der Waals surface area contributed by atoms with Gasteiger partial charge in [-0.1, -0.05) is 23.2 Å². The second-order valence-electron chi connectivity index (χ2n) is 6.23. The lowest BCUT2D eigenvalue weighted by Crippen LogP contribution is -2.27.